The lowest BCUT2D eigenvalue weighted by Gasteiger charge is -2.20. The Balaban J connectivity index is 2.04. The van der Waals surface area contributed by atoms with E-state index in [0.717, 1.165) is 17.7 Å². The highest BCUT2D eigenvalue weighted by Gasteiger charge is 2.31. The molecule has 18 heavy (non-hydrogen) atoms. The molecule has 1 aromatic heterocycles. The van der Waals surface area contributed by atoms with Gasteiger partial charge in [0.2, 0.25) is 0 Å². The lowest BCUT2D eigenvalue weighted by molar-refractivity contribution is 0.0647. The fraction of sp³-hybridized carbons (Fsp3) is 0.615. The van der Waals surface area contributed by atoms with Crippen LogP contribution in [0.2, 0.25) is 0 Å². The number of hydrogen-bond donors (Lipinski definition) is 1. The van der Waals surface area contributed by atoms with E-state index >= 15 is 0 Å². The van der Waals surface area contributed by atoms with Gasteiger partial charge in [0.1, 0.15) is 10.6 Å². The molecule has 1 N–H and O–H groups in total. The van der Waals surface area contributed by atoms with Crippen LogP contribution in [0.15, 0.2) is 6.07 Å². The van der Waals surface area contributed by atoms with Crippen molar-refractivity contribution in [2.75, 3.05) is 20.7 Å². The number of hydrogen-bond acceptors (Lipinski definition) is 4. The number of nitrogens with zero attached hydrogens (tertiary/aromatic N) is 1. The minimum Gasteiger partial charge on any atom is -0.495 e. The first-order chi connectivity index (χ1) is 8.52. The van der Waals surface area contributed by atoms with E-state index in [2.05, 4.69) is 0 Å². The first-order valence-corrected chi connectivity index (χ1v) is 6.92. The first-order valence-electron chi connectivity index (χ1n) is 6.11. The number of aliphatic hydroxyl groups is 1. The van der Waals surface area contributed by atoms with Crippen LogP contribution in [-0.4, -0.2) is 42.7 Å². The third-order valence-electron chi connectivity index (χ3n) is 3.21. The Bertz CT molecular complexity index is 439. The molecule has 0 bridgehead atoms. The van der Waals surface area contributed by atoms with Gasteiger partial charge in [-0.05, 0) is 31.7 Å². The van der Waals surface area contributed by atoms with E-state index < -0.39 is 6.10 Å². The zero-order valence-electron chi connectivity index (χ0n) is 11.0. The maximum atomic E-state index is 12.3. The standard InChI is InChI=1S/C13H19NO3S/c1-8-6-11(17-3)12(18-8)13(16)14(2)7-10(15)9-4-5-9/h6,9-10,15H,4-5,7H2,1-3H3. The van der Waals surface area contributed by atoms with Crippen molar-refractivity contribution in [3.05, 3.63) is 15.8 Å². The molecule has 1 aliphatic rings. The van der Waals surface area contributed by atoms with E-state index in [4.69, 9.17) is 4.74 Å². The number of methoxy groups -OCH3 is 1. The minimum atomic E-state index is -0.397. The number of aliphatic hydroxyl groups excluding tert-OH is 1. The summed E-state index contributed by atoms with van der Waals surface area (Å²) in [6, 6.07) is 1.86. The van der Waals surface area contributed by atoms with Gasteiger partial charge in [0.15, 0.2) is 0 Å². The molecule has 0 aliphatic heterocycles. The van der Waals surface area contributed by atoms with Crippen LogP contribution < -0.4 is 4.74 Å². The second-order valence-electron chi connectivity index (χ2n) is 4.85. The largest absolute Gasteiger partial charge is 0.495 e. The van der Waals surface area contributed by atoms with E-state index in [9.17, 15) is 9.90 Å². The molecule has 100 valence electrons. The minimum absolute atomic E-state index is 0.0790. The molecule has 0 radical (unpaired) electrons. The fourth-order valence-electron chi connectivity index (χ4n) is 1.96. The summed E-state index contributed by atoms with van der Waals surface area (Å²) in [7, 11) is 3.29. The monoisotopic (exact) mass is 269 g/mol. The average molecular weight is 269 g/mol. The van der Waals surface area contributed by atoms with Gasteiger partial charge < -0.3 is 14.7 Å². The van der Waals surface area contributed by atoms with Gasteiger partial charge >= 0.3 is 0 Å². The molecular formula is C13H19NO3S. The molecule has 0 aromatic carbocycles. The van der Waals surface area contributed by atoms with Crippen molar-refractivity contribution in [1.82, 2.24) is 4.90 Å². The summed E-state index contributed by atoms with van der Waals surface area (Å²) in [5.74, 6) is 0.923. The average Bonchev–Trinajstić information content (AvgIpc) is 3.11. The summed E-state index contributed by atoms with van der Waals surface area (Å²) < 4.78 is 5.20. The van der Waals surface area contributed by atoms with Gasteiger partial charge in [-0.1, -0.05) is 0 Å². The second kappa shape index (κ2) is 5.28. The van der Waals surface area contributed by atoms with Crippen LogP contribution in [0.3, 0.4) is 0 Å². The van der Waals surface area contributed by atoms with Gasteiger partial charge in [-0.2, -0.15) is 0 Å². The van der Waals surface area contributed by atoms with Crippen molar-refractivity contribution in [3.8, 4) is 5.75 Å². The number of carbonyl (C=O) groups is 1. The highest BCUT2D eigenvalue weighted by atomic mass is 32.1. The Morgan fingerprint density at radius 3 is 2.89 bits per heavy atom. The highest BCUT2D eigenvalue weighted by molar-refractivity contribution is 7.14. The molecule has 1 amide bonds. The molecule has 0 saturated heterocycles. The summed E-state index contributed by atoms with van der Waals surface area (Å²) in [5, 5.41) is 9.87. The van der Waals surface area contributed by atoms with E-state index in [1.54, 1.807) is 19.1 Å². The number of thiophene rings is 1. The van der Waals surface area contributed by atoms with Gasteiger partial charge in [-0.3, -0.25) is 4.79 Å². The molecule has 0 spiro atoms. The van der Waals surface area contributed by atoms with Crippen molar-refractivity contribution >= 4 is 17.2 Å². The van der Waals surface area contributed by atoms with E-state index in [-0.39, 0.29) is 5.91 Å². The summed E-state index contributed by atoms with van der Waals surface area (Å²) in [6.07, 6.45) is 1.75. The molecule has 4 nitrogen and oxygen atoms in total. The van der Waals surface area contributed by atoms with Crippen LogP contribution in [0, 0.1) is 12.8 Å². The molecule has 1 atom stereocenters. The lowest BCUT2D eigenvalue weighted by Crippen LogP contribution is -2.35. The van der Waals surface area contributed by atoms with Crippen molar-refractivity contribution in [2.24, 2.45) is 5.92 Å². The molecule has 1 unspecified atom stereocenters. The zero-order valence-corrected chi connectivity index (χ0v) is 11.8. The Hall–Kier alpha value is -1.07. The number of rotatable bonds is 5. The molecule has 1 aliphatic carbocycles. The lowest BCUT2D eigenvalue weighted by atomic mass is 10.2. The number of likely N-dealkylation sites (N-methyl/N-ethyl adjacent to an activating group) is 1. The van der Waals surface area contributed by atoms with Gasteiger partial charge in [0.05, 0.1) is 13.2 Å². The predicted octanol–water partition coefficient (Wildman–Crippen LogP) is 1.91. The Labute approximate surface area is 111 Å². The van der Waals surface area contributed by atoms with Gasteiger partial charge in [-0.15, -0.1) is 11.3 Å². The maximum Gasteiger partial charge on any atom is 0.267 e. The molecule has 1 heterocycles. The van der Waals surface area contributed by atoms with E-state index in [0.29, 0.717) is 23.1 Å². The van der Waals surface area contributed by atoms with Crippen LogP contribution in [0.1, 0.15) is 27.4 Å². The molecule has 1 fully saturated rings. The van der Waals surface area contributed by atoms with Crippen molar-refractivity contribution in [2.45, 2.75) is 25.9 Å². The van der Waals surface area contributed by atoms with E-state index in [1.165, 1.54) is 11.3 Å². The molecular weight excluding hydrogens is 250 g/mol. The van der Waals surface area contributed by atoms with Crippen LogP contribution in [0.25, 0.3) is 0 Å². The van der Waals surface area contributed by atoms with Gasteiger partial charge in [0.25, 0.3) is 5.91 Å². The van der Waals surface area contributed by atoms with Crippen molar-refractivity contribution in [3.63, 3.8) is 0 Å². The summed E-state index contributed by atoms with van der Waals surface area (Å²) in [5.41, 5.74) is 0. The smallest absolute Gasteiger partial charge is 0.267 e. The van der Waals surface area contributed by atoms with Crippen LogP contribution in [0.4, 0.5) is 0 Å². The van der Waals surface area contributed by atoms with Crippen LogP contribution in [-0.2, 0) is 0 Å². The molecule has 1 aromatic rings. The molecule has 2 rings (SSSR count). The van der Waals surface area contributed by atoms with Gasteiger partial charge in [-0.25, -0.2) is 0 Å². The third kappa shape index (κ3) is 2.84. The Kier molecular flexibility index (Phi) is 3.92. The Morgan fingerprint density at radius 2 is 2.33 bits per heavy atom. The van der Waals surface area contributed by atoms with Crippen molar-refractivity contribution in [1.29, 1.82) is 0 Å². The highest BCUT2D eigenvalue weighted by Crippen LogP contribution is 2.33. The maximum absolute atomic E-state index is 12.3. The number of carbonyl (C=O) groups excluding carboxylic acids is 1. The van der Waals surface area contributed by atoms with Crippen LogP contribution >= 0.6 is 11.3 Å². The molecule has 1 saturated carbocycles. The second-order valence-corrected chi connectivity index (χ2v) is 6.10. The summed E-state index contributed by atoms with van der Waals surface area (Å²) in [6.45, 7) is 2.34. The zero-order chi connectivity index (χ0) is 13.3. The topological polar surface area (TPSA) is 49.8 Å². The first kappa shape index (κ1) is 13.4. The fourth-order valence-corrected chi connectivity index (χ4v) is 2.93. The third-order valence-corrected chi connectivity index (χ3v) is 4.23. The number of aryl methyl sites for hydroxylation is 1. The Morgan fingerprint density at radius 1 is 1.67 bits per heavy atom. The number of amides is 1. The van der Waals surface area contributed by atoms with Crippen molar-refractivity contribution < 1.29 is 14.6 Å². The SMILES string of the molecule is COc1cc(C)sc1C(=O)N(C)CC(O)C1CC1. The summed E-state index contributed by atoms with van der Waals surface area (Å²) in [4.78, 5) is 15.5. The number of ether oxygens (including phenoxy) is 1. The quantitative estimate of drug-likeness (QED) is 0.888. The van der Waals surface area contributed by atoms with Crippen LogP contribution in [0.5, 0.6) is 5.75 Å². The predicted molar refractivity (Wildman–Crippen MR) is 71.3 cm³/mol. The normalized spacial score (nSPS) is 16.4. The van der Waals surface area contributed by atoms with E-state index in [1.807, 2.05) is 13.0 Å². The molecule has 5 heteroatoms. The van der Waals surface area contributed by atoms with Gasteiger partial charge in [0, 0.05) is 18.5 Å². The summed E-state index contributed by atoms with van der Waals surface area (Å²) >= 11 is 1.43.